The van der Waals surface area contributed by atoms with Crippen molar-refractivity contribution in [1.82, 2.24) is 9.42 Å². The predicted octanol–water partition coefficient (Wildman–Crippen LogP) is 2.15. The van der Waals surface area contributed by atoms with Crippen LogP contribution in [0.1, 0.15) is 25.8 Å². The number of rotatable bonds is 2. The normalized spacial score (nSPS) is 18.8. The van der Waals surface area contributed by atoms with Gasteiger partial charge in [0, 0.05) is 6.54 Å². The molecule has 0 atom stereocenters. The molecule has 2 rings (SSSR count). The highest BCUT2D eigenvalue weighted by atomic mass is 32.2. The molecule has 0 unspecified atom stereocenters. The Hall–Kier alpha value is -1.60. The van der Waals surface area contributed by atoms with Crippen molar-refractivity contribution in [2.75, 3.05) is 13.7 Å². The molecule has 1 aliphatic heterocycles. The first-order chi connectivity index (χ1) is 9.70. The number of hydrogen-bond donors (Lipinski definition) is 0. The van der Waals surface area contributed by atoms with Crippen molar-refractivity contribution in [3.63, 3.8) is 0 Å². The highest BCUT2D eigenvalue weighted by molar-refractivity contribution is 7.89. The SMILES string of the molecule is COC(=O)N1CCC(C)(C)N1S(=O)(=O)c1ccc(C)cc1. The summed E-state index contributed by atoms with van der Waals surface area (Å²) in [6.07, 6.45) is -0.121. The molecule has 0 bridgehead atoms. The lowest BCUT2D eigenvalue weighted by atomic mass is 10.0. The zero-order valence-corrected chi connectivity index (χ0v) is 13.5. The second-order valence-electron chi connectivity index (χ2n) is 5.72. The van der Waals surface area contributed by atoms with Gasteiger partial charge >= 0.3 is 6.09 Å². The monoisotopic (exact) mass is 312 g/mol. The number of carbonyl (C=O) groups is 1. The maximum atomic E-state index is 12.9. The van der Waals surface area contributed by atoms with Crippen LogP contribution in [0.4, 0.5) is 4.79 Å². The standard InChI is InChI=1S/C14H20N2O4S/c1-11-5-7-12(8-6-11)21(18,19)16-14(2,3)9-10-15(16)13(17)20-4/h5-8H,9-10H2,1-4H3. The summed E-state index contributed by atoms with van der Waals surface area (Å²) in [5.74, 6) is 0. The largest absolute Gasteiger partial charge is 0.452 e. The van der Waals surface area contributed by atoms with Crippen LogP contribution < -0.4 is 0 Å². The smallest absolute Gasteiger partial charge is 0.425 e. The van der Waals surface area contributed by atoms with Gasteiger partial charge in [0.2, 0.25) is 0 Å². The third-order valence-corrected chi connectivity index (χ3v) is 5.62. The number of aryl methyl sites for hydroxylation is 1. The van der Waals surface area contributed by atoms with Gasteiger partial charge < -0.3 is 4.74 Å². The second kappa shape index (κ2) is 5.31. The Balaban J connectivity index is 2.48. The first-order valence-electron chi connectivity index (χ1n) is 6.67. The van der Waals surface area contributed by atoms with Gasteiger partial charge in [0.15, 0.2) is 0 Å². The maximum Gasteiger partial charge on any atom is 0.425 e. The molecule has 0 radical (unpaired) electrons. The number of carbonyl (C=O) groups excluding carboxylic acids is 1. The van der Waals surface area contributed by atoms with Crippen molar-refractivity contribution in [3.05, 3.63) is 29.8 Å². The Morgan fingerprint density at radius 1 is 1.24 bits per heavy atom. The molecule has 0 spiro atoms. The highest BCUT2D eigenvalue weighted by Gasteiger charge is 2.48. The number of methoxy groups -OCH3 is 1. The van der Waals surface area contributed by atoms with Gasteiger partial charge in [0.05, 0.1) is 17.5 Å². The molecule has 0 aromatic heterocycles. The van der Waals surface area contributed by atoms with Gasteiger partial charge in [-0.15, -0.1) is 0 Å². The highest BCUT2D eigenvalue weighted by Crippen LogP contribution is 2.35. The Morgan fingerprint density at radius 3 is 2.33 bits per heavy atom. The van der Waals surface area contributed by atoms with Crippen LogP contribution in [0.3, 0.4) is 0 Å². The molecule has 0 saturated carbocycles. The molecule has 0 N–H and O–H groups in total. The zero-order valence-electron chi connectivity index (χ0n) is 12.7. The lowest BCUT2D eigenvalue weighted by Gasteiger charge is -2.34. The molecule has 1 amide bonds. The van der Waals surface area contributed by atoms with Crippen LogP contribution in [0.5, 0.6) is 0 Å². The van der Waals surface area contributed by atoms with Crippen molar-refractivity contribution in [1.29, 1.82) is 0 Å². The average Bonchev–Trinajstić information content (AvgIpc) is 2.74. The van der Waals surface area contributed by atoms with E-state index >= 15 is 0 Å². The third-order valence-electron chi connectivity index (χ3n) is 3.60. The molecule has 1 saturated heterocycles. The lowest BCUT2D eigenvalue weighted by Crippen LogP contribution is -2.52. The minimum atomic E-state index is -3.81. The number of ether oxygens (including phenoxy) is 1. The number of amides is 1. The van der Waals surface area contributed by atoms with E-state index in [4.69, 9.17) is 0 Å². The van der Waals surface area contributed by atoms with Gasteiger partial charge in [0.25, 0.3) is 10.0 Å². The van der Waals surface area contributed by atoms with Crippen LogP contribution >= 0.6 is 0 Å². The lowest BCUT2D eigenvalue weighted by molar-refractivity contribution is 0.0434. The van der Waals surface area contributed by atoms with Gasteiger partial charge in [-0.1, -0.05) is 22.1 Å². The molecule has 116 valence electrons. The Kier molecular flexibility index (Phi) is 3.99. The summed E-state index contributed by atoms with van der Waals surface area (Å²) in [6.45, 7) is 5.78. The Morgan fingerprint density at radius 2 is 1.81 bits per heavy atom. The minimum Gasteiger partial charge on any atom is -0.452 e. The van der Waals surface area contributed by atoms with Crippen LogP contribution in [0.2, 0.25) is 0 Å². The van der Waals surface area contributed by atoms with E-state index in [1.54, 1.807) is 38.1 Å². The Labute approximate surface area is 125 Å². The minimum absolute atomic E-state index is 0.164. The van der Waals surface area contributed by atoms with Crippen LogP contribution in [-0.4, -0.2) is 43.1 Å². The van der Waals surface area contributed by atoms with E-state index < -0.39 is 21.7 Å². The number of hydrogen-bond acceptors (Lipinski definition) is 4. The summed E-state index contributed by atoms with van der Waals surface area (Å²) in [4.78, 5) is 12.0. The van der Waals surface area contributed by atoms with E-state index in [1.807, 2.05) is 6.92 Å². The van der Waals surface area contributed by atoms with Gasteiger partial charge in [-0.2, -0.15) is 0 Å². The molecule has 6 nitrogen and oxygen atoms in total. The van der Waals surface area contributed by atoms with Gasteiger partial charge in [-0.25, -0.2) is 18.2 Å². The fraction of sp³-hybridized carbons (Fsp3) is 0.500. The Bertz CT molecular complexity index is 637. The first-order valence-corrected chi connectivity index (χ1v) is 8.11. The van der Waals surface area contributed by atoms with Crippen molar-refractivity contribution in [3.8, 4) is 0 Å². The van der Waals surface area contributed by atoms with Crippen LogP contribution in [0.15, 0.2) is 29.2 Å². The average molecular weight is 312 g/mol. The molecule has 7 heteroatoms. The molecule has 1 fully saturated rings. The summed E-state index contributed by atoms with van der Waals surface area (Å²) in [5, 5.41) is 1.15. The van der Waals surface area contributed by atoms with E-state index in [9.17, 15) is 13.2 Å². The topological polar surface area (TPSA) is 66.9 Å². The summed E-state index contributed by atoms with van der Waals surface area (Å²) < 4.78 is 31.6. The molecule has 1 aliphatic rings. The predicted molar refractivity (Wildman–Crippen MR) is 78.0 cm³/mol. The molecule has 1 aromatic carbocycles. The van der Waals surface area contributed by atoms with Crippen LogP contribution in [-0.2, 0) is 14.8 Å². The van der Waals surface area contributed by atoms with E-state index in [-0.39, 0.29) is 4.90 Å². The quantitative estimate of drug-likeness (QED) is 0.839. The first kappa shape index (κ1) is 15.8. The van der Waals surface area contributed by atoms with Crippen molar-refractivity contribution in [2.24, 2.45) is 0 Å². The summed E-state index contributed by atoms with van der Waals surface area (Å²) >= 11 is 0. The molecule has 0 aliphatic carbocycles. The van der Waals surface area contributed by atoms with Crippen LogP contribution in [0.25, 0.3) is 0 Å². The zero-order chi connectivity index (χ0) is 15.8. The molecule has 1 aromatic rings. The summed E-state index contributed by atoms with van der Waals surface area (Å²) in [5.41, 5.74) is 0.289. The number of sulfonamides is 1. The van der Waals surface area contributed by atoms with Crippen molar-refractivity contribution >= 4 is 16.1 Å². The third kappa shape index (κ3) is 2.75. The fourth-order valence-corrected chi connectivity index (χ4v) is 4.26. The number of benzene rings is 1. The van der Waals surface area contributed by atoms with E-state index in [1.165, 1.54) is 7.11 Å². The summed E-state index contributed by atoms with van der Waals surface area (Å²) in [7, 11) is -2.57. The van der Waals surface area contributed by atoms with E-state index in [0.717, 1.165) is 15.0 Å². The van der Waals surface area contributed by atoms with Crippen molar-refractivity contribution in [2.45, 2.75) is 37.6 Å². The van der Waals surface area contributed by atoms with Gasteiger partial charge in [-0.3, -0.25) is 0 Å². The van der Waals surface area contributed by atoms with E-state index in [0.29, 0.717) is 13.0 Å². The molecule has 21 heavy (non-hydrogen) atoms. The number of nitrogens with zero attached hydrogens (tertiary/aromatic N) is 2. The molecular formula is C14H20N2O4S. The summed E-state index contributed by atoms with van der Waals surface area (Å²) in [6, 6.07) is 6.57. The fourth-order valence-electron chi connectivity index (χ4n) is 2.43. The van der Waals surface area contributed by atoms with E-state index in [2.05, 4.69) is 4.74 Å². The van der Waals surface area contributed by atoms with Gasteiger partial charge in [0.1, 0.15) is 0 Å². The molecule has 1 heterocycles. The number of hydrazine groups is 1. The van der Waals surface area contributed by atoms with Crippen LogP contribution in [0, 0.1) is 6.92 Å². The maximum absolute atomic E-state index is 12.9. The van der Waals surface area contributed by atoms with Gasteiger partial charge in [-0.05, 0) is 39.3 Å². The molecular weight excluding hydrogens is 292 g/mol. The second-order valence-corrected chi connectivity index (χ2v) is 7.48. The van der Waals surface area contributed by atoms with Crippen molar-refractivity contribution < 1.29 is 17.9 Å².